The summed E-state index contributed by atoms with van der Waals surface area (Å²) in [5.41, 5.74) is 2.10. The van der Waals surface area contributed by atoms with E-state index in [2.05, 4.69) is 21.9 Å². The van der Waals surface area contributed by atoms with Crippen molar-refractivity contribution < 1.29 is 14.4 Å². The van der Waals surface area contributed by atoms with Crippen LogP contribution in [-0.2, 0) is 14.4 Å². The van der Waals surface area contributed by atoms with Crippen LogP contribution in [0.1, 0.15) is 38.2 Å². The van der Waals surface area contributed by atoms with Crippen LogP contribution in [0.3, 0.4) is 0 Å². The van der Waals surface area contributed by atoms with Gasteiger partial charge in [-0.15, -0.1) is 0 Å². The zero-order valence-corrected chi connectivity index (χ0v) is 18.4. The average Bonchev–Trinajstić information content (AvgIpc) is 2.72. The van der Waals surface area contributed by atoms with E-state index in [-0.39, 0.29) is 0 Å². The van der Waals surface area contributed by atoms with Gasteiger partial charge >= 0.3 is 0 Å². The summed E-state index contributed by atoms with van der Waals surface area (Å²) >= 11 is 11.2. The number of rotatable bonds is 7. The van der Waals surface area contributed by atoms with Crippen molar-refractivity contribution in [1.29, 1.82) is 0 Å². The molecule has 0 fully saturated rings. The molecule has 0 saturated heterocycles. The summed E-state index contributed by atoms with van der Waals surface area (Å²) in [4.78, 5) is 39.4. The first-order valence-corrected chi connectivity index (χ1v) is 9.95. The van der Waals surface area contributed by atoms with Gasteiger partial charge in [0.1, 0.15) is 0 Å². The molecule has 0 aromatic heterocycles. The Hall–Kier alpha value is -2.84. The highest BCUT2D eigenvalue weighted by atomic mass is 35.5. The van der Waals surface area contributed by atoms with Crippen LogP contribution in [0.25, 0.3) is 0 Å². The highest BCUT2D eigenvalue weighted by Gasteiger charge is 1.97. The second kappa shape index (κ2) is 18.2. The molecule has 0 bridgehead atoms. The third-order valence-electron chi connectivity index (χ3n) is 3.44. The second-order valence-corrected chi connectivity index (χ2v) is 6.72. The lowest BCUT2D eigenvalue weighted by Gasteiger charge is -1.94. The number of benzene rings is 2. The maximum absolute atomic E-state index is 9.84. The van der Waals surface area contributed by atoms with Gasteiger partial charge < -0.3 is 0 Å². The number of carbonyl (C=O) groups excluding carboxylic acids is 3. The van der Waals surface area contributed by atoms with E-state index < -0.39 is 0 Å². The summed E-state index contributed by atoms with van der Waals surface area (Å²) in [6.45, 7) is 4.76. The van der Waals surface area contributed by atoms with Crippen molar-refractivity contribution in [2.45, 2.75) is 39.5 Å². The van der Waals surface area contributed by atoms with Crippen molar-refractivity contribution in [1.82, 2.24) is 0 Å². The van der Waals surface area contributed by atoms with Gasteiger partial charge in [-0.05, 0) is 49.2 Å². The second-order valence-electron chi connectivity index (χ2n) is 5.87. The first-order chi connectivity index (χ1) is 14.5. The number of aliphatic imine (C=N–C) groups is 3. The van der Waals surface area contributed by atoms with Gasteiger partial charge in [-0.2, -0.15) is 9.98 Å². The van der Waals surface area contributed by atoms with Crippen LogP contribution >= 0.6 is 23.2 Å². The molecule has 0 amide bonds. The van der Waals surface area contributed by atoms with Crippen molar-refractivity contribution in [3.05, 3.63) is 58.1 Å². The molecule has 0 aliphatic carbocycles. The Labute approximate surface area is 186 Å². The minimum atomic E-state index is 0.342. The van der Waals surface area contributed by atoms with Gasteiger partial charge in [0, 0.05) is 5.02 Å². The van der Waals surface area contributed by atoms with Gasteiger partial charge in [0.05, 0.1) is 22.9 Å². The van der Waals surface area contributed by atoms with Crippen molar-refractivity contribution in [2.24, 2.45) is 15.0 Å². The Balaban J connectivity index is 0.000000423. The molecule has 2 aromatic carbocycles. The molecule has 6 nitrogen and oxygen atoms in total. The predicted octanol–water partition coefficient (Wildman–Crippen LogP) is 6.83. The molecule has 30 heavy (non-hydrogen) atoms. The lowest BCUT2D eigenvalue weighted by Crippen LogP contribution is -1.79. The molecule has 0 radical (unpaired) electrons. The Morgan fingerprint density at radius 1 is 0.867 bits per heavy atom. The molecule has 0 unspecified atom stereocenters. The third kappa shape index (κ3) is 14.2. The normalized spacial score (nSPS) is 8.67. The quantitative estimate of drug-likeness (QED) is 0.264. The number of nitrogens with zero attached hydrogens (tertiary/aromatic N) is 3. The molecule has 2 rings (SSSR count). The molecule has 0 spiro atoms. The molecular weight excluding hydrogens is 425 g/mol. The number of hydrogen-bond donors (Lipinski definition) is 0. The van der Waals surface area contributed by atoms with E-state index >= 15 is 0 Å². The SMILES string of the molecule is CCCCCCN=C=O.Cc1cccc(N=C=O)c1.O=C=Nc1cc(Cl)ccc1Cl. The Morgan fingerprint density at radius 3 is 2.20 bits per heavy atom. The van der Waals surface area contributed by atoms with Gasteiger partial charge in [-0.25, -0.2) is 19.4 Å². The molecule has 0 N–H and O–H groups in total. The fraction of sp³-hybridized carbons (Fsp3) is 0.318. The highest BCUT2D eigenvalue weighted by Crippen LogP contribution is 2.27. The standard InChI is InChI=1S/C8H7NO.C7H3Cl2NO.C7H13NO/c1-7-3-2-4-8(5-7)9-6-10;8-5-1-2-6(9)7(3-5)10-4-11;1-2-3-4-5-6-8-7-9/h2-5H,1H3;1-3H;2-6H2,1H3. The smallest absolute Gasteiger partial charge is 0.211 e. The van der Waals surface area contributed by atoms with Gasteiger partial charge in [-0.1, -0.05) is 61.5 Å². The molecule has 0 aliphatic heterocycles. The van der Waals surface area contributed by atoms with Crippen LogP contribution in [0.15, 0.2) is 57.4 Å². The zero-order valence-electron chi connectivity index (χ0n) is 16.9. The Kier molecular flexibility index (Phi) is 16.5. The number of unbranched alkanes of at least 4 members (excludes halogenated alkanes) is 3. The van der Waals surface area contributed by atoms with Gasteiger partial charge in [0.15, 0.2) is 0 Å². The molecule has 2 aromatic rings. The highest BCUT2D eigenvalue weighted by molar-refractivity contribution is 6.35. The van der Waals surface area contributed by atoms with Crippen molar-refractivity contribution in [2.75, 3.05) is 6.54 Å². The van der Waals surface area contributed by atoms with Crippen LogP contribution in [-0.4, -0.2) is 24.8 Å². The molecule has 8 heteroatoms. The lowest BCUT2D eigenvalue weighted by molar-refractivity contribution is 0.561. The van der Waals surface area contributed by atoms with Gasteiger partial charge in [0.2, 0.25) is 18.2 Å². The Morgan fingerprint density at radius 2 is 1.60 bits per heavy atom. The molecule has 158 valence electrons. The van der Waals surface area contributed by atoms with E-state index in [4.69, 9.17) is 23.2 Å². The summed E-state index contributed by atoms with van der Waals surface area (Å²) in [5, 5.41) is 0.876. The first kappa shape index (κ1) is 27.2. The molecule has 0 atom stereocenters. The summed E-state index contributed by atoms with van der Waals surface area (Å²) < 4.78 is 0. The van der Waals surface area contributed by atoms with Crippen LogP contribution in [0, 0.1) is 6.92 Å². The van der Waals surface area contributed by atoms with Crippen LogP contribution in [0.5, 0.6) is 0 Å². The molecule has 0 aliphatic rings. The van der Waals surface area contributed by atoms with E-state index in [1.165, 1.54) is 43.6 Å². The van der Waals surface area contributed by atoms with Gasteiger partial charge in [0.25, 0.3) is 0 Å². The van der Waals surface area contributed by atoms with E-state index in [9.17, 15) is 14.4 Å². The molecule has 0 saturated carbocycles. The summed E-state index contributed by atoms with van der Waals surface area (Å²) in [6.07, 6.45) is 9.07. The number of halogens is 2. The summed E-state index contributed by atoms with van der Waals surface area (Å²) in [6, 6.07) is 12.1. The van der Waals surface area contributed by atoms with E-state index in [1.54, 1.807) is 18.2 Å². The fourth-order valence-electron chi connectivity index (χ4n) is 2.03. The minimum absolute atomic E-state index is 0.342. The first-order valence-electron chi connectivity index (χ1n) is 9.19. The maximum atomic E-state index is 9.84. The van der Waals surface area contributed by atoms with E-state index in [0.29, 0.717) is 28.0 Å². The van der Waals surface area contributed by atoms with Crippen molar-refractivity contribution in [3.63, 3.8) is 0 Å². The number of isocyanates is 3. The number of aryl methyl sites for hydroxylation is 1. The lowest BCUT2D eigenvalue weighted by atomic mass is 10.2. The largest absolute Gasteiger partial charge is 0.240 e. The van der Waals surface area contributed by atoms with E-state index in [1.807, 2.05) is 25.1 Å². The predicted molar refractivity (Wildman–Crippen MR) is 120 cm³/mol. The molecular formula is C22H23Cl2N3O3. The molecule has 0 heterocycles. The minimum Gasteiger partial charge on any atom is -0.211 e. The third-order valence-corrected chi connectivity index (χ3v) is 3.99. The van der Waals surface area contributed by atoms with Gasteiger partial charge in [-0.3, -0.25) is 0 Å². The summed E-state index contributed by atoms with van der Waals surface area (Å²) in [7, 11) is 0. The van der Waals surface area contributed by atoms with Crippen molar-refractivity contribution in [3.8, 4) is 0 Å². The Bertz CT molecular complexity index is 916. The van der Waals surface area contributed by atoms with Crippen LogP contribution in [0.4, 0.5) is 11.4 Å². The van der Waals surface area contributed by atoms with Crippen molar-refractivity contribution >= 4 is 52.8 Å². The van der Waals surface area contributed by atoms with E-state index in [0.717, 1.165) is 12.0 Å². The fourth-order valence-corrected chi connectivity index (χ4v) is 2.36. The maximum Gasteiger partial charge on any atom is 0.240 e. The zero-order chi connectivity index (χ0) is 22.6. The van der Waals surface area contributed by atoms with Crippen LogP contribution < -0.4 is 0 Å². The topological polar surface area (TPSA) is 88.3 Å². The van der Waals surface area contributed by atoms with Crippen LogP contribution in [0.2, 0.25) is 10.0 Å². The number of hydrogen-bond acceptors (Lipinski definition) is 6. The monoisotopic (exact) mass is 447 g/mol. The summed E-state index contributed by atoms with van der Waals surface area (Å²) in [5.74, 6) is 0. The average molecular weight is 448 g/mol.